The Hall–Kier alpha value is -2.20. The molecule has 0 atom stereocenters. The Morgan fingerprint density at radius 3 is 1.08 bits per heavy atom. The Morgan fingerprint density at radius 2 is 0.722 bits per heavy atom. The van der Waals surface area contributed by atoms with Crippen LogP contribution in [0.2, 0.25) is 0 Å². The highest BCUT2D eigenvalue weighted by Gasteiger charge is 2.10. The molecule has 0 saturated carbocycles. The zero-order valence-corrected chi connectivity index (χ0v) is 22.1. The summed E-state index contributed by atoms with van der Waals surface area (Å²) < 4.78 is 0. The number of aromatic hydroxyl groups is 2. The lowest BCUT2D eigenvalue weighted by atomic mass is 10.0. The third-order valence-corrected chi connectivity index (χ3v) is 6.46. The molecule has 8 nitrogen and oxygen atoms in total. The normalized spacial score (nSPS) is 18.5. The van der Waals surface area contributed by atoms with Crippen LogP contribution >= 0.6 is 0 Å². The van der Waals surface area contributed by atoms with E-state index in [0.717, 1.165) is 87.5 Å². The summed E-state index contributed by atoms with van der Waals surface area (Å²) in [5.74, 6) is 0.799. The summed E-state index contributed by atoms with van der Waals surface area (Å²) >= 11 is 0. The average Bonchev–Trinajstić information content (AvgIpc) is 2.85. The fraction of sp³-hybridized carbons (Fsp3) is 0.571. The zero-order valence-electron chi connectivity index (χ0n) is 22.1. The fourth-order valence-electron chi connectivity index (χ4n) is 4.58. The van der Waals surface area contributed by atoms with E-state index in [1.807, 2.05) is 0 Å². The molecule has 0 aliphatic carbocycles. The molecule has 8 heteroatoms. The van der Waals surface area contributed by atoms with Gasteiger partial charge in [-0.25, -0.2) is 0 Å². The Morgan fingerprint density at radius 1 is 0.444 bits per heavy atom. The van der Waals surface area contributed by atoms with Crippen LogP contribution in [-0.2, 0) is 26.2 Å². The summed E-state index contributed by atoms with van der Waals surface area (Å²) in [7, 11) is 0. The fourth-order valence-corrected chi connectivity index (χ4v) is 4.58. The van der Waals surface area contributed by atoms with Gasteiger partial charge < -0.3 is 42.1 Å². The first-order valence-electron chi connectivity index (χ1n) is 13.4. The monoisotopic (exact) mass is 498 g/mol. The second-order valence-electron chi connectivity index (χ2n) is 9.78. The van der Waals surface area contributed by atoms with Crippen LogP contribution in [0.15, 0.2) is 24.3 Å². The van der Waals surface area contributed by atoms with Gasteiger partial charge >= 0.3 is 0 Å². The minimum absolute atomic E-state index is 0.399. The van der Waals surface area contributed by atoms with Gasteiger partial charge in [0.1, 0.15) is 11.5 Å². The van der Waals surface area contributed by atoms with E-state index >= 15 is 0 Å². The molecule has 0 fully saturated rings. The molecule has 36 heavy (non-hydrogen) atoms. The molecule has 1 heterocycles. The number of phenols is 2. The number of hydrogen-bond acceptors (Lipinski definition) is 8. The second kappa shape index (κ2) is 15.8. The highest BCUT2D eigenvalue weighted by molar-refractivity contribution is 5.44. The first kappa shape index (κ1) is 28.4. The number of aryl methyl sites for hydroxylation is 2. The summed E-state index contributed by atoms with van der Waals surface area (Å²) in [6.45, 7) is 13.9. The predicted molar refractivity (Wildman–Crippen MR) is 147 cm³/mol. The van der Waals surface area contributed by atoms with Crippen LogP contribution in [0, 0.1) is 13.8 Å². The summed E-state index contributed by atoms with van der Waals surface area (Å²) in [4.78, 5) is 0. The SMILES string of the molecule is Cc1cc2c(O)c(c1)CNCCNCCCNCc1cc(C)cc(c1O)CNCCNCCCNC2. The van der Waals surface area contributed by atoms with E-state index < -0.39 is 0 Å². The lowest BCUT2D eigenvalue weighted by molar-refractivity contribution is 0.450. The summed E-state index contributed by atoms with van der Waals surface area (Å²) in [5, 5.41) is 42.2. The summed E-state index contributed by atoms with van der Waals surface area (Å²) in [5.41, 5.74) is 6.16. The van der Waals surface area contributed by atoms with Crippen LogP contribution in [0.4, 0.5) is 0 Å². The number of hydrogen-bond donors (Lipinski definition) is 8. The predicted octanol–water partition coefficient (Wildman–Crippen LogP) is 1.75. The minimum Gasteiger partial charge on any atom is -0.507 e. The lowest BCUT2D eigenvalue weighted by Gasteiger charge is -2.15. The number of fused-ring (bicyclic) bond motifs is 4. The maximum Gasteiger partial charge on any atom is 0.124 e. The molecule has 0 amide bonds. The van der Waals surface area contributed by atoms with Gasteiger partial charge in [-0.1, -0.05) is 35.4 Å². The van der Waals surface area contributed by atoms with Crippen LogP contribution in [-0.4, -0.2) is 62.6 Å². The van der Waals surface area contributed by atoms with E-state index in [4.69, 9.17) is 0 Å². The topological polar surface area (TPSA) is 113 Å². The summed E-state index contributed by atoms with van der Waals surface area (Å²) in [6, 6.07) is 8.25. The Bertz CT molecular complexity index is 795. The lowest BCUT2D eigenvalue weighted by Crippen LogP contribution is -2.29. The molecule has 4 bridgehead atoms. The highest BCUT2D eigenvalue weighted by atomic mass is 16.3. The van der Waals surface area contributed by atoms with Crippen molar-refractivity contribution in [2.24, 2.45) is 0 Å². The van der Waals surface area contributed by atoms with Gasteiger partial charge in [0.05, 0.1) is 0 Å². The Balaban J connectivity index is 1.52. The van der Waals surface area contributed by atoms with E-state index in [0.29, 0.717) is 37.7 Å². The molecule has 200 valence electrons. The third kappa shape index (κ3) is 9.69. The highest BCUT2D eigenvalue weighted by Crippen LogP contribution is 2.25. The molecule has 0 saturated heterocycles. The van der Waals surface area contributed by atoms with E-state index in [-0.39, 0.29) is 0 Å². The van der Waals surface area contributed by atoms with Crippen molar-refractivity contribution < 1.29 is 10.2 Å². The van der Waals surface area contributed by atoms with Crippen LogP contribution in [0.5, 0.6) is 11.5 Å². The number of phenolic OH excluding ortho intramolecular Hbond substituents is 2. The minimum atomic E-state index is 0.399. The molecule has 0 unspecified atom stereocenters. The molecular weight excluding hydrogens is 452 g/mol. The first-order valence-corrected chi connectivity index (χ1v) is 13.4. The van der Waals surface area contributed by atoms with Gasteiger partial charge in [0, 0.05) is 74.6 Å². The molecule has 0 radical (unpaired) electrons. The van der Waals surface area contributed by atoms with Crippen LogP contribution in [0.1, 0.15) is 46.2 Å². The molecule has 8 N–H and O–H groups in total. The Labute approximate surface area is 216 Å². The molecule has 0 aromatic heterocycles. The third-order valence-electron chi connectivity index (χ3n) is 6.46. The van der Waals surface area contributed by atoms with Gasteiger partial charge in [0.2, 0.25) is 0 Å². The van der Waals surface area contributed by atoms with Crippen molar-refractivity contribution in [3.8, 4) is 11.5 Å². The average molecular weight is 499 g/mol. The van der Waals surface area contributed by atoms with Gasteiger partial charge in [-0.05, 0) is 52.9 Å². The quantitative estimate of drug-likeness (QED) is 0.277. The molecule has 0 spiro atoms. The number of nitrogens with one attached hydrogen (secondary N) is 6. The van der Waals surface area contributed by atoms with Crippen molar-refractivity contribution in [3.05, 3.63) is 57.6 Å². The van der Waals surface area contributed by atoms with Crippen molar-refractivity contribution in [3.63, 3.8) is 0 Å². The van der Waals surface area contributed by atoms with Crippen LogP contribution < -0.4 is 31.9 Å². The smallest absolute Gasteiger partial charge is 0.124 e. The van der Waals surface area contributed by atoms with E-state index in [2.05, 4.69) is 70.0 Å². The van der Waals surface area contributed by atoms with Crippen molar-refractivity contribution in [2.45, 2.75) is 52.9 Å². The molecule has 2 aromatic carbocycles. The second-order valence-corrected chi connectivity index (χ2v) is 9.78. The number of benzene rings is 2. The van der Waals surface area contributed by atoms with Crippen LogP contribution in [0.25, 0.3) is 0 Å². The van der Waals surface area contributed by atoms with Crippen molar-refractivity contribution >= 4 is 0 Å². The van der Waals surface area contributed by atoms with E-state index in [1.54, 1.807) is 0 Å². The molecule has 1 aliphatic rings. The number of rotatable bonds is 0. The van der Waals surface area contributed by atoms with Gasteiger partial charge in [0.15, 0.2) is 0 Å². The Kier molecular flexibility index (Phi) is 12.5. The van der Waals surface area contributed by atoms with Gasteiger partial charge in [0.25, 0.3) is 0 Å². The zero-order chi connectivity index (χ0) is 25.6. The largest absolute Gasteiger partial charge is 0.507 e. The van der Waals surface area contributed by atoms with Gasteiger partial charge in [-0.3, -0.25) is 0 Å². The molecule has 1 aliphatic heterocycles. The van der Waals surface area contributed by atoms with E-state index in [9.17, 15) is 10.2 Å². The standard InChI is InChI=1S/C28H46N6O2/c1-21-13-23-17-31-7-3-5-30-10-12-34-20-26-16-22(2)14-24(28(26)36)18-32-8-4-6-29-9-11-33-19-25(15-21)27(23)35/h13-16,29-36H,3-12,17-20H2,1-2H3. The van der Waals surface area contributed by atoms with Crippen LogP contribution in [0.3, 0.4) is 0 Å². The maximum absolute atomic E-state index is 10.7. The van der Waals surface area contributed by atoms with Crippen molar-refractivity contribution in [1.82, 2.24) is 31.9 Å². The van der Waals surface area contributed by atoms with Crippen molar-refractivity contribution in [1.29, 1.82) is 0 Å². The maximum atomic E-state index is 10.7. The van der Waals surface area contributed by atoms with Gasteiger partial charge in [-0.2, -0.15) is 0 Å². The molecule has 3 rings (SSSR count). The summed E-state index contributed by atoms with van der Waals surface area (Å²) in [6.07, 6.45) is 2.03. The molecule has 2 aromatic rings. The molecular formula is C28H46N6O2. The van der Waals surface area contributed by atoms with Crippen molar-refractivity contribution in [2.75, 3.05) is 52.4 Å². The van der Waals surface area contributed by atoms with E-state index in [1.165, 1.54) is 11.1 Å². The van der Waals surface area contributed by atoms with Gasteiger partial charge in [-0.15, -0.1) is 0 Å². The first-order chi connectivity index (χ1) is 17.5.